The van der Waals surface area contributed by atoms with Gasteiger partial charge in [-0.1, -0.05) is 0 Å². The van der Waals surface area contributed by atoms with Gasteiger partial charge in [0.05, 0.1) is 36.6 Å². The topological polar surface area (TPSA) is 191 Å². The molecule has 0 fully saturated rings. The molecule has 0 saturated heterocycles. The molecular weight excluding hydrogens is 202 g/mol. The van der Waals surface area contributed by atoms with Gasteiger partial charge in [0.2, 0.25) is 0 Å². The molecule has 8 heteroatoms. The third-order valence-corrected chi connectivity index (χ3v) is 2.26. The van der Waals surface area contributed by atoms with E-state index < -0.39 is 36.6 Å². The molecule has 0 spiro atoms. The predicted octanol–water partition coefficient (Wildman–Crippen LogP) is -5.07. The first-order valence-corrected chi connectivity index (χ1v) is 4.59. The van der Waals surface area contributed by atoms with Gasteiger partial charge in [-0.15, -0.1) is 0 Å². The molecule has 0 rings (SSSR count). The third kappa shape index (κ3) is 3.97. The predicted molar refractivity (Wildman–Crippen MR) is 55.2 cm³/mol. The van der Waals surface area contributed by atoms with Gasteiger partial charge in [0.1, 0.15) is 0 Å². The minimum Gasteiger partial charge on any atom is -0.390 e. The SMILES string of the molecule is NCC(O)C(N)C(O)C(N)C(O)C(N)N. The maximum Gasteiger partial charge on any atom is 0.0996 e. The molecule has 0 radical (unpaired) electrons. The van der Waals surface area contributed by atoms with E-state index in [1.54, 1.807) is 0 Å². The van der Waals surface area contributed by atoms with Gasteiger partial charge < -0.3 is 44.0 Å². The first-order valence-electron chi connectivity index (χ1n) is 4.59. The van der Waals surface area contributed by atoms with E-state index in [1.807, 2.05) is 0 Å². The van der Waals surface area contributed by atoms with Crippen LogP contribution < -0.4 is 28.7 Å². The van der Waals surface area contributed by atoms with E-state index >= 15 is 0 Å². The van der Waals surface area contributed by atoms with E-state index in [1.165, 1.54) is 0 Å². The van der Waals surface area contributed by atoms with Crippen LogP contribution in [0, 0.1) is 0 Å². The average Bonchev–Trinajstić information content (AvgIpc) is 2.23. The maximum atomic E-state index is 9.57. The fourth-order valence-electron chi connectivity index (χ4n) is 1.10. The number of aliphatic hydroxyl groups is 3. The highest BCUT2D eigenvalue weighted by molar-refractivity contribution is 4.92. The second kappa shape index (κ2) is 6.30. The van der Waals surface area contributed by atoms with Crippen molar-refractivity contribution in [3.05, 3.63) is 0 Å². The second-order valence-electron chi connectivity index (χ2n) is 3.52. The Morgan fingerprint density at radius 2 is 1.27 bits per heavy atom. The zero-order valence-electron chi connectivity index (χ0n) is 8.40. The summed E-state index contributed by atoms with van der Waals surface area (Å²) < 4.78 is 0. The average molecular weight is 223 g/mol. The van der Waals surface area contributed by atoms with Gasteiger partial charge in [-0.25, -0.2) is 0 Å². The molecule has 0 aromatic carbocycles. The van der Waals surface area contributed by atoms with Crippen LogP contribution in [0.3, 0.4) is 0 Å². The first-order chi connectivity index (χ1) is 6.82. The summed E-state index contributed by atoms with van der Waals surface area (Å²) in [5.74, 6) is 0. The van der Waals surface area contributed by atoms with Crippen molar-refractivity contribution in [2.75, 3.05) is 6.54 Å². The molecule has 0 heterocycles. The smallest absolute Gasteiger partial charge is 0.0996 e. The van der Waals surface area contributed by atoms with E-state index in [-0.39, 0.29) is 6.54 Å². The minimum absolute atomic E-state index is 0.115. The van der Waals surface area contributed by atoms with E-state index in [0.717, 1.165) is 0 Å². The summed E-state index contributed by atoms with van der Waals surface area (Å²) in [6.07, 6.45) is -4.84. The van der Waals surface area contributed by atoms with Crippen molar-refractivity contribution < 1.29 is 15.3 Å². The van der Waals surface area contributed by atoms with Gasteiger partial charge >= 0.3 is 0 Å². The van der Waals surface area contributed by atoms with Gasteiger partial charge in [-0.05, 0) is 0 Å². The number of nitrogens with two attached hydrogens (primary N) is 5. The summed E-state index contributed by atoms with van der Waals surface area (Å²) in [6.45, 7) is -0.115. The molecule has 13 N–H and O–H groups in total. The molecule has 0 aromatic heterocycles. The van der Waals surface area contributed by atoms with Crippen LogP contribution in [0.5, 0.6) is 0 Å². The fraction of sp³-hybridized carbons (Fsp3) is 1.00. The number of rotatable bonds is 6. The molecule has 8 nitrogen and oxygen atoms in total. The van der Waals surface area contributed by atoms with Crippen LogP contribution in [0.4, 0.5) is 0 Å². The monoisotopic (exact) mass is 223 g/mol. The van der Waals surface area contributed by atoms with Gasteiger partial charge in [0.25, 0.3) is 0 Å². The van der Waals surface area contributed by atoms with Crippen molar-refractivity contribution in [2.24, 2.45) is 28.7 Å². The molecule has 0 aliphatic heterocycles. The van der Waals surface area contributed by atoms with E-state index in [2.05, 4.69) is 0 Å². The quantitative estimate of drug-likeness (QED) is 0.205. The van der Waals surface area contributed by atoms with Crippen LogP contribution in [0.1, 0.15) is 0 Å². The highest BCUT2D eigenvalue weighted by Crippen LogP contribution is 2.04. The van der Waals surface area contributed by atoms with E-state index in [9.17, 15) is 15.3 Å². The maximum absolute atomic E-state index is 9.57. The van der Waals surface area contributed by atoms with Crippen molar-refractivity contribution >= 4 is 0 Å². The van der Waals surface area contributed by atoms with Crippen LogP contribution in [0.15, 0.2) is 0 Å². The van der Waals surface area contributed by atoms with Crippen LogP contribution in [0.25, 0.3) is 0 Å². The van der Waals surface area contributed by atoms with Crippen LogP contribution in [-0.4, -0.2) is 58.4 Å². The van der Waals surface area contributed by atoms with E-state index in [4.69, 9.17) is 28.7 Å². The van der Waals surface area contributed by atoms with Gasteiger partial charge in [0, 0.05) is 6.54 Å². The van der Waals surface area contributed by atoms with E-state index in [0.29, 0.717) is 0 Å². The molecule has 92 valence electrons. The lowest BCUT2D eigenvalue weighted by Crippen LogP contribution is -2.62. The highest BCUT2D eigenvalue weighted by Gasteiger charge is 2.33. The number of hydrogen-bond acceptors (Lipinski definition) is 8. The summed E-state index contributed by atoms with van der Waals surface area (Å²) in [5, 5.41) is 28.2. The summed E-state index contributed by atoms with van der Waals surface area (Å²) in [6, 6.07) is -2.19. The standard InChI is InChI=1S/C7H21N5O3/c8-1-2(13)3(9)5(14)4(10)6(15)7(11)12/h2-7,13-15H,1,8-12H2. The van der Waals surface area contributed by atoms with Crippen molar-refractivity contribution in [3.63, 3.8) is 0 Å². The molecule has 0 amide bonds. The lowest BCUT2D eigenvalue weighted by atomic mass is 9.95. The Balaban J connectivity index is 4.36. The van der Waals surface area contributed by atoms with Crippen molar-refractivity contribution in [1.82, 2.24) is 0 Å². The summed E-state index contributed by atoms with van der Waals surface area (Å²) in [4.78, 5) is 0. The lowest BCUT2D eigenvalue weighted by Gasteiger charge is -2.31. The number of aliphatic hydroxyl groups excluding tert-OH is 3. The molecule has 0 saturated carbocycles. The Hall–Kier alpha value is -0.320. The summed E-state index contributed by atoms with van der Waals surface area (Å²) in [7, 11) is 0. The Morgan fingerprint density at radius 3 is 1.60 bits per heavy atom. The zero-order chi connectivity index (χ0) is 12.2. The summed E-state index contributed by atoms with van der Waals surface area (Å²) >= 11 is 0. The van der Waals surface area contributed by atoms with Crippen LogP contribution in [0.2, 0.25) is 0 Å². The Labute approximate surface area is 88.0 Å². The highest BCUT2D eigenvalue weighted by atomic mass is 16.3. The summed E-state index contributed by atoms with van der Waals surface area (Å²) in [5.41, 5.74) is 26.5. The molecule has 0 aromatic rings. The molecule has 0 bridgehead atoms. The molecule has 0 aliphatic carbocycles. The normalized spacial score (nSPS) is 22.2. The zero-order valence-corrected chi connectivity index (χ0v) is 8.40. The third-order valence-electron chi connectivity index (χ3n) is 2.26. The van der Waals surface area contributed by atoms with Gasteiger partial charge in [-0.3, -0.25) is 0 Å². The van der Waals surface area contributed by atoms with Crippen LogP contribution >= 0.6 is 0 Å². The van der Waals surface area contributed by atoms with Gasteiger partial charge in [0.15, 0.2) is 0 Å². The fourth-order valence-corrected chi connectivity index (χ4v) is 1.10. The Bertz CT molecular complexity index is 182. The minimum atomic E-state index is -1.34. The second-order valence-corrected chi connectivity index (χ2v) is 3.52. The van der Waals surface area contributed by atoms with Crippen molar-refractivity contribution in [2.45, 2.75) is 36.6 Å². The van der Waals surface area contributed by atoms with Gasteiger partial charge in [-0.2, -0.15) is 0 Å². The largest absolute Gasteiger partial charge is 0.390 e. The molecular formula is C7H21N5O3. The number of hydrogen-bond donors (Lipinski definition) is 8. The Kier molecular flexibility index (Phi) is 6.17. The van der Waals surface area contributed by atoms with Crippen molar-refractivity contribution in [1.29, 1.82) is 0 Å². The van der Waals surface area contributed by atoms with Crippen molar-refractivity contribution in [3.8, 4) is 0 Å². The lowest BCUT2D eigenvalue weighted by molar-refractivity contribution is 0.000400. The molecule has 5 unspecified atom stereocenters. The molecule has 15 heavy (non-hydrogen) atoms. The first kappa shape index (κ1) is 14.7. The Morgan fingerprint density at radius 1 is 0.800 bits per heavy atom. The van der Waals surface area contributed by atoms with Crippen LogP contribution in [-0.2, 0) is 0 Å². The molecule has 0 aliphatic rings. The molecule has 5 atom stereocenters.